The number of nitriles is 1. The minimum atomic E-state index is -1.08. The van der Waals surface area contributed by atoms with Crippen molar-refractivity contribution < 1.29 is 19.5 Å². The number of aryl methyl sites for hydroxylation is 1. The van der Waals surface area contributed by atoms with Crippen LogP contribution in [0.2, 0.25) is 0 Å². The van der Waals surface area contributed by atoms with Gasteiger partial charge in [0.2, 0.25) is 11.0 Å². The largest absolute Gasteiger partial charge is 0.478 e. The quantitative estimate of drug-likeness (QED) is 0.342. The molecule has 1 unspecified atom stereocenters. The van der Waals surface area contributed by atoms with Crippen LogP contribution in [-0.4, -0.2) is 38.7 Å². The smallest absolute Gasteiger partial charge is 0.335 e. The number of carboxylic acid groups (broad SMARTS) is 1. The molecule has 1 aliphatic carbocycles. The normalized spacial score (nSPS) is 16.9. The van der Waals surface area contributed by atoms with Crippen LogP contribution in [0.3, 0.4) is 0 Å². The first kappa shape index (κ1) is 27.1. The summed E-state index contributed by atoms with van der Waals surface area (Å²) in [5.41, 5.74) is 10.5. The lowest BCUT2D eigenvalue weighted by atomic mass is 9.75. The fourth-order valence-electron chi connectivity index (χ4n) is 4.89. The second kappa shape index (κ2) is 11.3. The van der Waals surface area contributed by atoms with E-state index < -0.39 is 11.9 Å². The zero-order valence-electron chi connectivity index (χ0n) is 21.4. The van der Waals surface area contributed by atoms with Crippen LogP contribution in [0.4, 0.5) is 10.8 Å². The van der Waals surface area contributed by atoms with E-state index >= 15 is 0 Å². The molecule has 2 aromatic carbocycles. The molecule has 2 aliphatic rings. The summed E-state index contributed by atoms with van der Waals surface area (Å²) in [5, 5.41) is 30.9. The van der Waals surface area contributed by atoms with Crippen molar-refractivity contribution in [2.24, 2.45) is 5.73 Å². The predicted molar refractivity (Wildman–Crippen MR) is 152 cm³/mol. The lowest BCUT2D eigenvalue weighted by Crippen LogP contribution is -2.38. The summed E-state index contributed by atoms with van der Waals surface area (Å²) in [7, 11) is 0. The number of thioether (sulfide) groups is 1. The number of allylic oxidation sites excluding steroid dienone is 3. The number of Topliss-reactive ketones (excluding diaryl/α,β-unsaturated/α-hetero) is 1. The summed E-state index contributed by atoms with van der Waals surface area (Å²) < 4.78 is 0.501. The van der Waals surface area contributed by atoms with Gasteiger partial charge in [-0.3, -0.25) is 14.5 Å². The number of anilines is 2. The van der Waals surface area contributed by atoms with E-state index in [2.05, 4.69) is 21.6 Å². The van der Waals surface area contributed by atoms with Gasteiger partial charge < -0.3 is 16.2 Å². The van der Waals surface area contributed by atoms with Gasteiger partial charge in [0.1, 0.15) is 5.82 Å². The summed E-state index contributed by atoms with van der Waals surface area (Å²) >= 11 is 2.37. The highest BCUT2D eigenvalue weighted by atomic mass is 32.2. The van der Waals surface area contributed by atoms with Crippen LogP contribution in [0, 0.1) is 18.3 Å². The number of rotatable bonds is 7. The maximum absolute atomic E-state index is 13.3. The first-order valence-electron chi connectivity index (χ1n) is 12.4. The Kier molecular flexibility index (Phi) is 7.68. The number of carbonyl (C=O) groups excluding carboxylic acids is 2. The lowest BCUT2D eigenvalue weighted by Gasteiger charge is -2.38. The SMILES string of the molecule is Cc1cccc(C2C(C#N)=C(N)N(c3nnc(SCC(=O)Nc4cccc(C(=O)O)c4)s3)C3=C2C(=O)CCC3)c1. The molecule has 0 saturated heterocycles. The molecule has 1 aliphatic heterocycles. The van der Waals surface area contributed by atoms with E-state index in [0.717, 1.165) is 28.6 Å². The van der Waals surface area contributed by atoms with E-state index in [-0.39, 0.29) is 34.4 Å². The Balaban J connectivity index is 1.39. The second-order valence-corrected chi connectivity index (χ2v) is 11.5. The third kappa shape index (κ3) is 5.34. The van der Waals surface area contributed by atoms with Crippen LogP contribution in [0.1, 0.15) is 46.7 Å². The standard InChI is InChI=1S/C28H24N6O4S2/c1-15-5-2-6-16(11-15)23-19(13-29)25(30)34(20-9-4-10-21(35)24(20)23)27-32-33-28(40-27)39-14-22(36)31-18-8-3-7-17(12-18)26(37)38/h2-3,5-8,11-12,23H,4,9-10,14,30H2,1H3,(H,31,36)(H,37,38). The molecular formula is C28H24N6O4S2. The van der Waals surface area contributed by atoms with E-state index in [0.29, 0.717) is 40.0 Å². The van der Waals surface area contributed by atoms with Gasteiger partial charge in [-0.2, -0.15) is 5.26 Å². The van der Waals surface area contributed by atoms with Crippen molar-refractivity contribution in [1.29, 1.82) is 5.26 Å². The molecule has 0 saturated carbocycles. The van der Waals surface area contributed by atoms with Gasteiger partial charge >= 0.3 is 5.97 Å². The fraction of sp³-hybridized carbons (Fsp3) is 0.214. The molecular weight excluding hydrogens is 548 g/mol. The summed E-state index contributed by atoms with van der Waals surface area (Å²) in [6.07, 6.45) is 1.66. The van der Waals surface area contributed by atoms with Crippen molar-refractivity contribution in [3.05, 3.63) is 87.9 Å². The van der Waals surface area contributed by atoms with E-state index in [1.807, 2.05) is 31.2 Å². The molecule has 10 nitrogen and oxygen atoms in total. The van der Waals surface area contributed by atoms with Crippen molar-refractivity contribution in [3.8, 4) is 6.07 Å². The number of carbonyl (C=O) groups is 3. The minimum absolute atomic E-state index is 0.0132. The number of ketones is 1. The van der Waals surface area contributed by atoms with Crippen molar-refractivity contribution >= 4 is 51.6 Å². The minimum Gasteiger partial charge on any atom is -0.478 e. The highest BCUT2D eigenvalue weighted by Gasteiger charge is 2.41. The molecule has 0 fully saturated rings. The van der Waals surface area contributed by atoms with Crippen LogP contribution in [0.25, 0.3) is 0 Å². The highest BCUT2D eigenvalue weighted by molar-refractivity contribution is 8.01. The number of nitrogens with zero attached hydrogens (tertiary/aromatic N) is 4. The molecule has 12 heteroatoms. The van der Waals surface area contributed by atoms with Crippen LogP contribution in [0.5, 0.6) is 0 Å². The number of hydrogen-bond acceptors (Lipinski definition) is 10. The summed E-state index contributed by atoms with van der Waals surface area (Å²) in [5.74, 6) is -1.75. The van der Waals surface area contributed by atoms with Gasteiger partial charge in [0, 0.05) is 23.4 Å². The van der Waals surface area contributed by atoms with Crippen molar-refractivity contribution in [2.45, 2.75) is 36.4 Å². The zero-order chi connectivity index (χ0) is 28.4. The molecule has 5 rings (SSSR count). The third-order valence-corrected chi connectivity index (χ3v) is 8.64. The monoisotopic (exact) mass is 572 g/mol. The van der Waals surface area contributed by atoms with Gasteiger partial charge in [-0.25, -0.2) is 4.79 Å². The first-order valence-corrected chi connectivity index (χ1v) is 14.2. The molecule has 1 aromatic heterocycles. The van der Waals surface area contributed by atoms with Crippen molar-refractivity contribution in [3.63, 3.8) is 0 Å². The summed E-state index contributed by atoms with van der Waals surface area (Å²) in [4.78, 5) is 38.6. The molecule has 0 radical (unpaired) electrons. The molecule has 1 amide bonds. The van der Waals surface area contributed by atoms with Crippen molar-refractivity contribution in [1.82, 2.24) is 10.2 Å². The Morgan fingerprint density at radius 2 is 2.02 bits per heavy atom. The van der Waals surface area contributed by atoms with Crippen LogP contribution >= 0.6 is 23.1 Å². The topological polar surface area (TPSA) is 162 Å². The van der Waals surface area contributed by atoms with Gasteiger partial charge in [-0.05, 0) is 43.5 Å². The number of hydrogen-bond donors (Lipinski definition) is 3. The lowest BCUT2D eigenvalue weighted by molar-refractivity contribution is -0.116. The summed E-state index contributed by atoms with van der Waals surface area (Å²) in [6.45, 7) is 1.96. The van der Waals surface area contributed by atoms with Gasteiger partial charge in [-0.1, -0.05) is 59.0 Å². The molecule has 0 bridgehead atoms. The third-order valence-electron chi connectivity index (χ3n) is 6.60. The Morgan fingerprint density at radius 1 is 1.23 bits per heavy atom. The van der Waals surface area contributed by atoms with Crippen molar-refractivity contribution in [2.75, 3.05) is 16.0 Å². The Morgan fingerprint density at radius 3 is 2.77 bits per heavy atom. The number of benzene rings is 2. The van der Waals surface area contributed by atoms with Gasteiger partial charge in [-0.15, -0.1) is 10.2 Å². The molecule has 202 valence electrons. The summed E-state index contributed by atoms with van der Waals surface area (Å²) in [6, 6.07) is 16.0. The Hall–Kier alpha value is -4.47. The van der Waals surface area contributed by atoms with Crippen LogP contribution < -0.4 is 16.0 Å². The van der Waals surface area contributed by atoms with Gasteiger partial charge in [0.15, 0.2) is 10.1 Å². The maximum Gasteiger partial charge on any atom is 0.335 e. The van der Waals surface area contributed by atoms with E-state index in [1.54, 1.807) is 17.0 Å². The Labute approximate surface area is 238 Å². The molecule has 1 atom stereocenters. The Bertz CT molecular complexity index is 1640. The maximum atomic E-state index is 13.3. The average Bonchev–Trinajstić information content (AvgIpc) is 3.40. The van der Waals surface area contributed by atoms with E-state index in [4.69, 9.17) is 10.8 Å². The van der Waals surface area contributed by atoms with Gasteiger partial charge in [0.05, 0.1) is 28.9 Å². The highest BCUT2D eigenvalue weighted by Crippen LogP contribution is 2.47. The number of aromatic nitrogens is 2. The van der Waals surface area contributed by atoms with Crippen LogP contribution in [0.15, 0.2) is 75.5 Å². The van der Waals surface area contributed by atoms with E-state index in [9.17, 15) is 19.6 Å². The van der Waals surface area contributed by atoms with Gasteiger partial charge in [0.25, 0.3) is 0 Å². The number of aromatic carboxylic acids is 1. The van der Waals surface area contributed by atoms with E-state index in [1.165, 1.54) is 23.5 Å². The molecule has 3 aromatic rings. The second-order valence-electron chi connectivity index (χ2n) is 9.30. The first-order chi connectivity index (χ1) is 19.3. The number of nitrogens with one attached hydrogen (secondary N) is 1. The zero-order valence-corrected chi connectivity index (χ0v) is 23.0. The fourth-order valence-corrected chi connectivity index (χ4v) is 6.57. The number of carboxylic acids is 1. The molecule has 0 spiro atoms. The molecule has 4 N–H and O–H groups in total. The molecule has 40 heavy (non-hydrogen) atoms. The van der Waals surface area contributed by atoms with Crippen LogP contribution in [-0.2, 0) is 9.59 Å². The average molecular weight is 573 g/mol. The number of nitrogens with two attached hydrogens (primary N) is 1. The molecule has 2 heterocycles. The number of amides is 1. The predicted octanol–water partition coefficient (Wildman–Crippen LogP) is 4.58.